The lowest BCUT2D eigenvalue weighted by molar-refractivity contribution is -0.141. The van der Waals surface area contributed by atoms with Crippen molar-refractivity contribution in [2.75, 3.05) is 28.1 Å². The molecule has 0 atom stereocenters. The van der Waals surface area contributed by atoms with Crippen molar-refractivity contribution in [2.45, 2.75) is 26.4 Å². The number of pyridine rings is 1. The molecule has 12 heteroatoms. The van der Waals surface area contributed by atoms with Crippen LogP contribution < -0.4 is 23.8 Å². The summed E-state index contributed by atoms with van der Waals surface area (Å²) in [6.45, 7) is 3.74. The van der Waals surface area contributed by atoms with Crippen LogP contribution in [0.3, 0.4) is 0 Å². The van der Waals surface area contributed by atoms with Gasteiger partial charge in [-0.2, -0.15) is 5.10 Å². The number of rotatable bonds is 6. The molecule has 5 rings (SSSR count). The smallest absolute Gasteiger partial charge is 0.325 e. The maximum Gasteiger partial charge on any atom is 0.325 e. The topological polar surface area (TPSA) is 116 Å². The van der Waals surface area contributed by atoms with Gasteiger partial charge in [-0.15, -0.1) is 0 Å². The first kappa shape index (κ1) is 22.0. The fourth-order valence-electron chi connectivity index (χ4n) is 4.07. The van der Waals surface area contributed by atoms with Crippen molar-refractivity contribution >= 4 is 38.7 Å². The summed E-state index contributed by atoms with van der Waals surface area (Å²) in [7, 11) is 4.34. The summed E-state index contributed by atoms with van der Waals surface area (Å²) < 4.78 is 31.0. The fourth-order valence-corrected chi connectivity index (χ4v) is 5.08. The number of carbonyl (C=O) groups is 1. The summed E-state index contributed by atoms with van der Waals surface area (Å²) in [5.41, 5.74) is 2.21. The van der Waals surface area contributed by atoms with Gasteiger partial charge in [-0.25, -0.2) is 9.67 Å². The second-order valence-electron chi connectivity index (χ2n) is 7.81. The highest BCUT2D eigenvalue weighted by molar-refractivity contribution is 7.17. The van der Waals surface area contributed by atoms with Gasteiger partial charge >= 0.3 is 10.8 Å². The summed E-state index contributed by atoms with van der Waals surface area (Å²) in [6.07, 6.45) is 1.71. The molecule has 3 aromatic heterocycles. The molecule has 4 aromatic rings. The Kier molecular flexibility index (Phi) is 5.31. The minimum atomic E-state index is -0.551. The number of benzene rings is 1. The van der Waals surface area contributed by atoms with Gasteiger partial charge in [0.25, 0.3) is 0 Å². The summed E-state index contributed by atoms with van der Waals surface area (Å²) in [5, 5.41) is 5.25. The molecule has 0 N–H and O–H groups in total. The molecule has 0 saturated heterocycles. The number of aromatic nitrogens is 4. The average Bonchev–Trinajstić information content (AvgIpc) is 3.54. The van der Waals surface area contributed by atoms with Gasteiger partial charge < -0.3 is 23.7 Å². The summed E-state index contributed by atoms with van der Waals surface area (Å²) in [5.74, 6) is 1.19. The van der Waals surface area contributed by atoms with Crippen molar-refractivity contribution in [3.8, 4) is 34.1 Å². The molecule has 34 heavy (non-hydrogen) atoms. The number of fused-ring (bicyclic) bond motifs is 3. The number of hydrogen-bond acceptors (Lipinski definition) is 10. The Balaban J connectivity index is 1.93. The van der Waals surface area contributed by atoms with Gasteiger partial charge in [-0.1, -0.05) is 11.3 Å². The number of thiazole rings is 1. The molecule has 0 amide bonds. The van der Waals surface area contributed by atoms with E-state index in [1.807, 2.05) is 13.8 Å². The van der Waals surface area contributed by atoms with Crippen LogP contribution in [0.1, 0.15) is 19.9 Å². The van der Waals surface area contributed by atoms with E-state index in [0.717, 1.165) is 11.3 Å². The van der Waals surface area contributed by atoms with Crippen molar-refractivity contribution in [3.05, 3.63) is 21.9 Å². The number of hydrogen-bond donors (Lipinski definition) is 0. The second-order valence-corrected chi connectivity index (χ2v) is 8.78. The van der Waals surface area contributed by atoms with Crippen LogP contribution >= 0.6 is 11.3 Å². The van der Waals surface area contributed by atoms with Crippen LogP contribution in [-0.2, 0) is 16.1 Å². The van der Waals surface area contributed by atoms with Gasteiger partial charge in [0.1, 0.15) is 6.54 Å². The zero-order valence-corrected chi connectivity index (χ0v) is 20.0. The van der Waals surface area contributed by atoms with Crippen molar-refractivity contribution in [1.82, 2.24) is 19.3 Å². The van der Waals surface area contributed by atoms with Gasteiger partial charge in [0.05, 0.1) is 32.2 Å². The molecule has 0 unspecified atom stereocenters. The molecular weight excluding hydrogens is 464 g/mol. The lowest BCUT2D eigenvalue weighted by Gasteiger charge is -2.16. The Bertz CT molecular complexity index is 1500. The van der Waals surface area contributed by atoms with Crippen molar-refractivity contribution < 1.29 is 28.5 Å². The third kappa shape index (κ3) is 3.16. The summed E-state index contributed by atoms with van der Waals surface area (Å²) in [4.78, 5) is 29.4. The molecule has 0 aliphatic carbocycles. The van der Waals surface area contributed by atoms with Crippen molar-refractivity contribution in [3.63, 3.8) is 0 Å². The predicted molar refractivity (Wildman–Crippen MR) is 124 cm³/mol. The van der Waals surface area contributed by atoms with Crippen LogP contribution in [-0.4, -0.2) is 53.4 Å². The van der Waals surface area contributed by atoms with Crippen molar-refractivity contribution in [1.29, 1.82) is 0 Å². The van der Waals surface area contributed by atoms with Gasteiger partial charge in [-0.3, -0.25) is 14.2 Å². The zero-order chi connectivity index (χ0) is 24.1. The molecule has 0 radical (unpaired) electrons. The number of nitrogens with zero attached hydrogens (tertiary/aromatic N) is 4. The van der Waals surface area contributed by atoms with Crippen LogP contribution in [0, 0.1) is 0 Å². The Morgan fingerprint density at radius 3 is 2.62 bits per heavy atom. The zero-order valence-electron chi connectivity index (χ0n) is 19.2. The van der Waals surface area contributed by atoms with E-state index in [9.17, 15) is 9.59 Å². The third-order valence-corrected chi connectivity index (χ3v) is 6.59. The van der Waals surface area contributed by atoms with Gasteiger partial charge in [0.15, 0.2) is 22.8 Å². The fraction of sp³-hybridized carbons (Fsp3) is 0.364. The predicted octanol–water partition coefficient (Wildman–Crippen LogP) is 2.97. The Labute approximate surface area is 197 Å². The minimum Gasteiger partial charge on any atom is -0.493 e. The summed E-state index contributed by atoms with van der Waals surface area (Å²) >= 11 is 0.983. The molecular formula is C22H22N4O7S. The van der Waals surface area contributed by atoms with E-state index < -0.39 is 5.97 Å². The molecule has 1 aliphatic rings. The Morgan fingerprint density at radius 2 is 1.94 bits per heavy atom. The molecule has 0 bridgehead atoms. The van der Waals surface area contributed by atoms with Gasteiger partial charge in [0, 0.05) is 22.6 Å². The molecule has 0 saturated carbocycles. The Morgan fingerprint density at radius 1 is 1.18 bits per heavy atom. The highest BCUT2D eigenvalue weighted by Gasteiger charge is 2.31. The normalized spacial score (nSPS) is 12.6. The van der Waals surface area contributed by atoms with Crippen LogP contribution in [0.15, 0.2) is 17.1 Å². The standard InChI is InChI=1S/C22H22N4O7S/c1-10(2)26-20-12(7-23-26)15(19-21(24-20)25(22(28)34-19)8-14(27)30-4)11-6-13(29-3)17-18(16(11)31-5)33-9-32-17/h6-7,10H,8-9H2,1-5H3. The van der Waals surface area contributed by atoms with E-state index in [-0.39, 0.29) is 24.3 Å². The number of methoxy groups -OCH3 is 3. The largest absolute Gasteiger partial charge is 0.493 e. The lowest BCUT2D eigenvalue weighted by atomic mass is 10.0. The first-order valence-electron chi connectivity index (χ1n) is 10.4. The maximum absolute atomic E-state index is 13.0. The number of ether oxygens (including phenoxy) is 5. The molecule has 0 fully saturated rings. The molecule has 178 valence electrons. The van der Waals surface area contributed by atoms with E-state index in [1.54, 1.807) is 16.9 Å². The highest BCUT2D eigenvalue weighted by atomic mass is 32.1. The minimum absolute atomic E-state index is 0.00269. The first-order valence-corrected chi connectivity index (χ1v) is 11.2. The van der Waals surface area contributed by atoms with Crippen LogP contribution in [0.25, 0.3) is 32.5 Å². The lowest BCUT2D eigenvalue weighted by Crippen LogP contribution is -2.20. The van der Waals surface area contributed by atoms with Gasteiger partial charge in [0.2, 0.25) is 18.3 Å². The van der Waals surface area contributed by atoms with Gasteiger partial charge in [-0.05, 0) is 19.9 Å². The molecule has 11 nitrogen and oxygen atoms in total. The van der Waals surface area contributed by atoms with Crippen LogP contribution in [0.2, 0.25) is 0 Å². The quantitative estimate of drug-likeness (QED) is 0.379. The summed E-state index contributed by atoms with van der Waals surface area (Å²) in [6, 6.07) is 1.78. The average molecular weight is 487 g/mol. The van der Waals surface area contributed by atoms with Crippen LogP contribution in [0.4, 0.5) is 0 Å². The number of esters is 1. The van der Waals surface area contributed by atoms with E-state index in [0.29, 0.717) is 55.5 Å². The Hall–Kier alpha value is -3.80. The maximum atomic E-state index is 13.0. The molecule has 1 aliphatic heterocycles. The molecule has 4 heterocycles. The van der Waals surface area contributed by atoms with E-state index in [4.69, 9.17) is 28.7 Å². The van der Waals surface area contributed by atoms with Crippen LogP contribution in [0.5, 0.6) is 23.0 Å². The monoisotopic (exact) mass is 486 g/mol. The molecule has 0 spiro atoms. The number of carbonyl (C=O) groups excluding carboxylic acids is 1. The SMILES string of the molecule is COC(=O)Cn1c(=O)sc2c(-c3cc(OC)c4c(c3OC)OCO4)c3cnn(C(C)C)c3nc21. The second kappa shape index (κ2) is 8.20. The van der Waals surface area contributed by atoms with Crippen molar-refractivity contribution in [2.24, 2.45) is 0 Å². The first-order chi connectivity index (χ1) is 16.4. The third-order valence-electron chi connectivity index (χ3n) is 5.61. The van der Waals surface area contributed by atoms with E-state index in [1.165, 1.54) is 25.9 Å². The molecule has 1 aromatic carbocycles. The highest BCUT2D eigenvalue weighted by Crippen LogP contribution is 2.54. The van der Waals surface area contributed by atoms with E-state index in [2.05, 4.69) is 5.10 Å². The van der Waals surface area contributed by atoms with E-state index >= 15 is 0 Å².